The van der Waals surface area contributed by atoms with Gasteiger partial charge in [0.15, 0.2) is 0 Å². The Labute approximate surface area is 295 Å². The van der Waals surface area contributed by atoms with Crippen molar-refractivity contribution < 1.29 is 67.2 Å². The van der Waals surface area contributed by atoms with Crippen LogP contribution < -0.4 is 16.0 Å². The summed E-state index contributed by atoms with van der Waals surface area (Å²) in [5.41, 5.74) is -0.476. The van der Waals surface area contributed by atoms with Crippen LogP contribution in [0.15, 0.2) is 38.0 Å². The fraction of sp³-hybridized carbons (Fsp3) is 0.727. The van der Waals surface area contributed by atoms with Crippen molar-refractivity contribution in [3.8, 4) is 0 Å². The van der Waals surface area contributed by atoms with E-state index in [1.165, 1.54) is 6.08 Å². The molecule has 0 bridgehead atoms. The Kier molecular flexibility index (Phi) is 31.5. The van der Waals surface area contributed by atoms with Crippen molar-refractivity contribution in [3.05, 3.63) is 38.0 Å². The van der Waals surface area contributed by atoms with Gasteiger partial charge in [-0.1, -0.05) is 26.7 Å². The van der Waals surface area contributed by atoms with Gasteiger partial charge in [-0.25, -0.2) is 0 Å². The molecule has 0 aliphatic heterocycles. The van der Waals surface area contributed by atoms with Gasteiger partial charge in [-0.2, -0.15) is 0 Å². The maximum Gasteiger partial charge on any atom is 0.245 e. The second kappa shape index (κ2) is 33.3. The highest BCUT2D eigenvalue weighted by molar-refractivity contribution is 5.87. The van der Waals surface area contributed by atoms with Crippen molar-refractivity contribution >= 4 is 17.7 Å². The first-order valence-electron chi connectivity index (χ1n) is 16.5. The van der Waals surface area contributed by atoms with E-state index in [4.69, 9.17) is 42.6 Å². The predicted molar refractivity (Wildman–Crippen MR) is 182 cm³/mol. The molecule has 17 heteroatoms. The second-order valence-electron chi connectivity index (χ2n) is 10.8. The Morgan fingerprint density at radius 2 is 0.880 bits per heavy atom. The van der Waals surface area contributed by atoms with E-state index < -0.39 is 17.6 Å². The number of hydrogen-bond donors (Lipinski definition) is 5. The van der Waals surface area contributed by atoms with Gasteiger partial charge >= 0.3 is 0 Å². The van der Waals surface area contributed by atoms with Crippen molar-refractivity contribution in [2.24, 2.45) is 5.41 Å². The van der Waals surface area contributed by atoms with Gasteiger partial charge in [0.2, 0.25) is 17.7 Å². The summed E-state index contributed by atoms with van der Waals surface area (Å²) in [6, 6.07) is 0. The molecule has 17 nitrogen and oxygen atoms in total. The largest absolute Gasteiger partial charge is 0.388 e. The van der Waals surface area contributed by atoms with Gasteiger partial charge in [-0.15, -0.1) is 0 Å². The highest BCUT2D eigenvalue weighted by Crippen LogP contribution is 2.24. The Hall–Kier alpha value is -2.81. The van der Waals surface area contributed by atoms with Gasteiger partial charge in [0.1, 0.15) is 32.4 Å². The van der Waals surface area contributed by atoms with E-state index in [2.05, 4.69) is 35.7 Å². The minimum atomic E-state index is -0.868. The average Bonchev–Trinajstić information content (AvgIpc) is 3.12. The zero-order chi connectivity index (χ0) is 37.1. The number of rotatable bonds is 37. The summed E-state index contributed by atoms with van der Waals surface area (Å²) in [6.45, 7) is 15.8. The van der Waals surface area contributed by atoms with Crippen molar-refractivity contribution in [1.29, 1.82) is 0 Å². The van der Waals surface area contributed by atoms with E-state index in [9.17, 15) is 24.6 Å². The number of ether oxygens (including phenoxy) is 9. The Balaban J connectivity index is 4.48. The molecule has 0 aromatic heterocycles. The van der Waals surface area contributed by atoms with Crippen LogP contribution >= 0.6 is 0 Å². The minimum Gasteiger partial charge on any atom is -0.388 e. The first kappa shape index (κ1) is 47.2. The maximum absolute atomic E-state index is 11.1. The quantitative estimate of drug-likeness (QED) is 0.0309. The summed E-state index contributed by atoms with van der Waals surface area (Å²) in [5, 5.41) is 27.4. The summed E-state index contributed by atoms with van der Waals surface area (Å²) in [7, 11) is 0. The van der Waals surface area contributed by atoms with Gasteiger partial charge in [0.25, 0.3) is 0 Å². The minimum absolute atomic E-state index is 0.00859. The molecular formula is C33H59N3O14. The fourth-order valence-corrected chi connectivity index (χ4v) is 3.60. The summed E-state index contributed by atoms with van der Waals surface area (Å²) in [4.78, 5) is 33.3. The van der Waals surface area contributed by atoms with Crippen LogP contribution in [0.25, 0.3) is 0 Å². The molecule has 5 N–H and O–H groups in total. The molecule has 0 aromatic carbocycles. The highest BCUT2D eigenvalue weighted by atomic mass is 16.6. The monoisotopic (exact) mass is 721 g/mol. The van der Waals surface area contributed by atoms with Crippen LogP contribution in [0.4, 0.5) is 0 Å². The van der Waals surface area contributed by atoms with Crippen molar-refractivity contribution in [2.75, 3.05) is 119 Å². The Bertz CT molecular complexity index is 865. The lowest BCUT2D eigenvalue weighted by atomic mass is 9.88. The number of aliphatic hydroxyl groups is 2. The normalized spacial score (nSPS) is 13.5. The van der Waals surface area contributed by atoms with Crippen LogP contribution in [0.2, 0.25) is 0 Å². The smallest absolute Gasteiger partial charge is 0.245 e. The van der Waals surface area contributed by atoms with Gasteiger partial charge < -0.3 is 68.8 Å². The molecule has 0 aliphatic carbocycles. The van der Waals surface area contributed by atoms with Crippen LogP contribution in [0.3, 0.4) is 0 Å². The molecule has 290 valence electrons. The maximum atomic E-state index is 11.1. The standard InChI is InChI=1S/C33H59N3O14/c1-5-30(39)34-25-48-11-9-10-42-12-15-45-22-33(8-4,23-46-16-13-43-18-28(37)20-49-26-35-31(40)6-2)24-47-17-14-44-19-29(38)21-50-27-36-32(41)7-3/h5-7,28-29,37-38H,1-3,8-27H2,4H3,(H,34,39)(H,35,40)(H,36,41). The number of hydrogen-bond acceptors (Lipinski definition) is 14. The van der Waals surface area contributed by atoms with E-state index in [-0.39, 0.29) is 90.8 Å². The number of aliphatic hydroxyl groups excluding tert-OH is 2. The molecule has 0 spiro atoms. The van der Waals surface area contributed by atoms with Crippen molar-refractivity contribution in [2.45, 2.75) is 32.0 Å². The van der Waals surface area contributed by atoms with Gasteiger partial charge in [0.05, 0.1) is 92.5 Å². The zero-order valence-corrected chi connectivity index (χ0v) is 29.4. The van der Waals surface area contributed by atoms with E-state index in [1.807, 2.05) is 6.92 Å². The molecule has 0 radical (unpaired) electrons. The van der Waals surface area contributed by atoms with E-state index in [1.54, 1.807) is 0 Å². The third kappa shape index (κ3) is 29.0. The first-order valence-corrected chi connectivity index (χ1v) is 16.5. The SMILES string of the molecule is C=CC(=O)NCOCCCOCCOCC(CC)(COCCOCC(O)COCNC(=O)C=C)COCCOCC(O)COCNC(=O)C=C. The van der Waals surface area contributed by atoms with Crippen LogP contribution in [0, 0.1) is 5.41 Å². The van der Waals surface area contributed by atoms with Gasteiger partial charge in [-0.3, -0.25) is 14.4 Å². The zero-order valence-electron chi connectivity index (χ0n) is 29.4. The molecule has 0 aliphatic rings. The Morgan fingerprint density at radius 3 is 1.28 bits per heavy atom. The molecule has 3 amide bonds. The van der Waals surface area contributed by atoms with Crippen LogP contribution in [-0.4, -0.2) is 159 Å². The topological polar surface area (TPSA) is 211 Å². The highest BCUT2D eigenvalue weighted by Gasteiger charge is 2.30. The molecule has 0 saturated heterocycles. The molecule has 0 heterocycles. The summed E-state index contributed by atoms with van der Waals surface area (Å²) in [6.07, 6.45) is 3.03. The molecule has 0 aromatic rings. The van der Waals surface area contributed by atoms with E-state index in [0.29, 0.717) is 59.1 Å². The molecule has 0 saturated carbocycles. The lowest BCUT2D eigenvalue weighted by Crippen LogP contribution is -2.38. The molecule has 2 atom stereocenters. The van der Waals surface area contributed by atoms with E-state index >= 15 is 0 Å². The molecule has 0 fully saturated rings. The number of carbonyl (C=O) groups excluding carboxylic acids is 3. The third-order valence-corrected chi connectivity index (χ3v) is 6.51. The Morgan fingerprint density at radius 1 is 0.540 bits per heavy atom. The number of nitrogens with one attached hydrogen (secondary N) is 3. The van der Waals surface area contributed by atoms with Crippen LogP contribution in [-0.2, 0) is 57.0 Å². The molecule has 50 heavy (non-hydrogen) atoms. The van der Waals surface area contributed by atoms with Gasteiger partial charge in [0, 0.05) is 12.0 Å². The van der Waals surface area contributed by atoms with Crippen molar-refractivity contribution in [3.63, 3.8) is 0 Å². The molecule has 0 rings (SSSR count). The first-order chi connectivity index (χ1) is 24.2. The third-order valence-electron chi connectivity index (χ3n) is 6.51. The molecule has 2 unspecified atom stereocenters. The average molecular weight is 722 g/mol. The van der Waals surface area contributed by atoms with E-state index in [0.717, 1.165) is 12.2 Å². The van der Waals surface area contributed by atoms with Crippen LogP contribution in [0.5, 0.6) is 0 Å². The van der Waals surface area contributed by atoms with Gasteiger partial charge in [-0.05, 0) is 31.1 Å². The fourth-order valence-electron chi connectivity index (χ4n) is 3.60. The summed E-state index contributed by atoms with van der Waals surface area (Å²) >= 11 is 0. The van der Waals surface area contributed by atoms with Crippen molar-refractivity contribution in [1.82, 2.24) is 16.0 Å². The number of amides is 3. The summed E-state index contributed by atoms with van der Waals surface area (Å²) < 4.78 is 50.0. The lowest BCUT2D eigenvalue weighted by molar-refractivity contribution is -0.119. The lowest BCUT2D eigenvalue weighted by Gasteiger charge is -2.32. The molecular weight excluding hydrogens is 662 g/mol. The number of carbonyl (C=O) groups is 3. The van der Waals surface area contributed by atoms with Crippen LogP contribution in [0.1, 0.15) is 19.8 Å². The second-order valence-corrected chi connectivity index (χ2v) is 10.8. The predicted octanol–water partition coefficient (Wildman–Crippen LogP) is -0.577. The summed E-state index contributed by atoms with van der Waals surface area (Å²) in [5.74, 6) is -1.03.